The van der Waals surface area contributed by atoms with Crippen LogP contribution in [0.25, 0.3) is 28.0 Å². The van der Waals surface area contributed by atoms with Gasteiger partial charge in [-0.05, 0) is 64.0 Å². The van der Waals surface area contributed by atoms with E-state index in [2.05, 4.69) is 26.0 Å². The number of nitrogens with zero attached hydrogens (tertiary/aromatic N) is 7. The molecule has 150 valence electrons. The molecule has 4 heterocycles. The average molecular weight is 421 g/mol. The number of halogens is 1. The summed E-state index contributed by atoms with van der Waals surface area (Å²) in [5, 5.41) is 19.4. The van der Waals surface area contributed by atoms with Crippen molar-refractivity contribution in [2.45, 2.75) is 19.6 Å². The fourth-order valence-electron chi connectivity index (χ4n) is 3.19. The van der Waals surface area contributed by atoms with Crippen molar-refractivity contribution in [3.63, 3.8) is 0 Å². The number of fused-ring (bicyclic) bond motifs is 1. The van der Waals surface area contributed by atoms with Crippen LogP contribution in [-0.2, 0) is 6.54 Å². The second kappa shape index (κ2) is 7.64. The van der Waals surface area contributed by atoms with Crippen molar-refractivity contribution in [3.8, 4) is 28.1 Å². The number of rotatable bonds is 6. The fraction of sp³-hybridized carbons (Fsp3) is 0.150. The number of aromatic nitrogens is 7. The van der Waals surface area contributed by atoms with Crippen LogP contribution in [0.5, 0.6) is 5.75 Å². The summed E-state index contributed by atoms with van der Waals surface area (Å²) in [7, 11) is 0. The summed E-state index contributed by atoms with van der Waals surface area (Å²) < 4.78 is 23.4. The largest absolute Gasteiger partial charge is 0.486 e. The number of thiophene rings is 1. The lowest BCUT2D eigenvalue weighted by atomic mass is 10.1. The third-order valence-corrected chi connectivity index (χ3v) is 5.28. The van der Waals surface area contributed by atoms with Crippen molar-refractivity contribution in [2.24, 2.45) is 0 Å². The van der Waals surface area contributed by atoms with Gasteiger partial charge in [0.05, 0.1) is 18.4 Å². The lowest BCUT2D eigenvalue weighted by Crippen LogP contribution is -2.20. The molecule has 1 atom stereocenters. The Morgan fingerprint density at radius 3 is 2.93 bits per heavy atom. The quantitative estimate of drug-likeness (QED) is 0.416. The molecule has 0 fully saturated rings. The van der Waals surface area contributed by atoms with E-state index in [4.69, 9.17) is 9.72 Å². The molecular weight excluding hydrogens is 405 g/mol. The predicted octanol–water partition coefficient (Wildman–Crippen LogP) is 3.72. The van der Waals surface area contributed by atoms with E-state index < -0.39 is 5.82 Å². The normalized spacial score (nSPS) is 12.3. The first kappa shape index (κ1) is 18.4. The molecule has 0 saturated heterocycles. The zero-order chi connectivity index (χ0) is 20.5. The van der Waals surface area contributed by atoms with Gasteiger partial charge < -0.3 is 4.74 Å². The molecule has 0 aliphatic carbocycles. The molecule has 0 amide bonds. The van der Waals surface area contributed by atoms with Crippen LogP contribution in [0.1, 0.15) is 6.92 Å². The monoisotopic (exact) mass is 421 g/mol. The summed E-state index contributed by atoms with van der Waals surface area (Å²) in [6.07, 6.45) is 4.81. The molecule has 0 bridgehead atoms. The zero-order valence-corrected chi connectivity index (χ0v) is 16.7. The molecule has 4 aromatic heterocycles. The van der Waals surface area contributed by atoms with Crippen LogP contribution >= 0.6 is 11.3 Å². The SMILES string of the molecule is C[C@@H](Cn1cnnn1)Oc1cc(-c2ccn3ncc(-c4ccsc4)c3n2)ccc1F. The Bertz CT molecular complexity index is 1280. The molecule has 0 radical (unpaired) electrons. The van der Waals surface area contributed by atoms with E-state index in [9.17, 15) is 4.39 Å². The van der Waals surface area contributed by atoms with Crippen LogP contribution in [0.4, 0.5) is 4.39 Å². The van der Waals surface area contributed by atoms with E-state index in [1.54, 1.807) is 34.2 Å². The molecule has 5 rings (SSSR count). The average Bonchev–Trinajstić information content (AvgIpc) is 3.50. The van der Waals surface area contributed by atoms with Gasteiger partial charge in [-0.25, -0.2) is 18.6 Å². The zero-order valence-electron chi connectivity index (χ0n) is 15.9. The Morgan fingerprint density at radius 2 is 2.13 bits per heavy atom. The van der Waals surface area contributed by atoms with Gasteiger partial charge in [0.1, 0.15) is 12.4 Å². The molecule has 0 spiro atoms. The van der Waals surface area contributed by atoms with Crippen LogP contribution in [0.2, 0.25) is 0 Å². The summed E-state index contributed by atoms with van der Waals surface area (Å²) in [4.78, 5) is 4.77. The number of hydrogen-bond acceptors (Lipinski definition) is 7. The molecule has 5 aromatic rings. The first-order chi connectivity index (χ1) is 14.7. The highest BCUT2D eigenvalue weighted by Gasteiger charge is 2.14. The lowest BCUT2D eigenvalue weighted by Gasteiger charge is -2.15. The van der Waals surface area contributed by atoms with Crippen molar-refractivity contribution in [3.05, 3.63) is 65.6 Å². The lowest BCUT2D eigenvalue weighted by molar-refractivity contribution is 0.185. The topological polar surface area (TPSA) is 83.0 Å². The number of tetrazole rings is 1. The molecule has 0 aliphatic heterocycles. The number of hydrogen-bond donors (Lipinski definition) is 0. The summed E-state index contributed by atoms with van der Waals surface area (Å²) in [6.45, 7) is 2.23. The Morgan fingerprint density at radius 1 is 1.20 bits per heavy atom. The third-order valence-electron chi connectivity index (χ3n) is 4.59. The summed E-state index contributed by atoms with van der Waals surface area (Å²) in [5.74, 6) is -0.284. The highest BCUT2D eigenvalue weighted by molar-refractivity contribution is 7.08. The van der Waals surface area contributed by atoms with Gasteiger partial charge in [-0.15, -0.1) is 5.10 Å². The predicted molar refractivity (Wildman–Crippen MR) is 110 cm³/mol. The van der Waals surface area contributed by atoms with Crippen molar-refractivity contribution in [1.82, 2.24) is 34.8 Å². The Labute approximate surface area is 174 Å². The van der Waals surface area contributed by atoms with E-state index in [0.29, 0.717) is 12.2 Å². The molecule has 0 N–H and O–H groups in total. The molecule has 8 nitrogen and oxygen atoms in total. The van der Waals surface area contributed by atoms with E-state index in [0.717, 1.165) is 22.3 Å². The third kappa shape index (κ3) is 3.52. The second-order valence-electron chi connectivity index (χ2n) is 6.76. The van der Waals surface area contributed by atoms with Gasteiger partial charge in [0.25, 0.3) is 0 Å². The molecule has 0 aliphatic rings. The highest BCUT2D eigenvalue weighted by atomic mass is 32.1. The summed E-state index contributed by atoms with van der Waals surface area (Å²) in [6, 6.07) is 8.61. The Balaban J connectivity index is 1.46. The number of benzene rings is 1. The van der Waals surface area contributed by atoms with Gasteiger partial charge in [0.2, 0.25) is 0 Å². The van der Waals surface area contributed by atoms with Gasteiger partial charge in [-0.2, -0.15) is 16.4 Å². The van der Waals surface area contributed by atoms with Crippen molar-refractivity contribution in [1.29, 1.82) is 0 Å². The minimum absolute atomic E-state index is 0.154. The van der Waals surface area contributed by atoms with Crippen molar-refractivity contribution >= 4 is 17.0 Å². The van der Waals surface area contributed by atoms with E-state index >= 15 is 0 Å². The van der Waals surface area contributed by atoms with Crippen LogP contribution < -0.4 is 4.74 Å². The molecule has 10 heteroatoms. The van der Waals surface area contributed by atoms with Gasteiger partial charge in [-0.3, -0.25) is 0 Å². The van der Waals surface area contributed by atoms with Gasteiger partial charge in [-0.1, -0.05) is 0 Å². The Hall–Kier alpha value is -3.66. The maximum absolute atomic E-state index is 14.4. The molecule has 0 saturated carbocycles. The molecule has 0 unspecified atom stereocenters. The van der Waals surface area contributed by atoms with Gasteiger partial charge >= 0.3 is 0 Å². The van der Waals surface area contributed by atoms with E-state index in [-0.39, 0.29) is 11.9 Å². The van der Waals surface area contributed by atoms with Crippen molar-refractivity contribution < 1.29 is 9.13 Å². The summed E-state index contributed by atoms with van der Waals surface area (Å²) in [5.41, 5.74) is 4.22. The van der Waals surface area contributed by atoms with Crippen molar-refractivity contribution in [2.75, 3.05) is 0 Å². The number of ether oxygens (including phenoxy) is 1. The first-order valence-electron chi connectivity index (χ1n) is 9.22. The minimum Gasteiger partial charge on any atom is -0.486 e. The van der Waals surface area contributed by atoms with Gasteiger partial charge in [0, 0.05) is 17.3 Å². The van der Waals surface area contributed by atoms with Gasteiger partial charge in [0.15, 0.2) is 17.2 Å². The minimum atomic E-state index is -0.438. The van der Waals surface area contributed by atoms with Crippen LogP contribution in [0.3, 0.4) is 0 Å². The first-order valence-corrected chi connectivity index (χ1v) is 10.2. The standard InChI is InChI=1S/C20H16FN7OS/c1-13(10-27-12-22-25-26-27)29-19-8-14(2-3-17(19)21)18-4-6-28-20(24-18)16(9-23-28)15-5-7-30-11-15/h2-9,11-13H,10H2,1H3/t13-/m0/s1. The fourth-order valence-corrected chi connectivity index (χ4v) is 3.84. The van der Waals surface area contributed by atoms with Crippen LogP contribution in [0, 0.1) is 5.82 Å². The van der Waals surface area contributed by atoms with Crippen LogP contribution in [0.15, 0.2) is 59.8 Å². The van der Waals surface area contributed by atoms with E-state index in [1.165, 1.54) is 17.1 Å². The second-order valence-corrected chi connectivity index (χ2v) is 7.54. The molecule has 1 aromatic carbocycles. The van der Waals surface area contributed by atoms with Crippen LogP contribution in [-0.4, -0.2) is 40.9 Å². The van der Waals surface area contributed by atoms with E-state index in [1.807, 2.05) is 30.6 Å². The maximum Gasteiger partial charge on any atom is 0.165 e. The summed E-state index contributed by atoms with van der Waals surface area (Å²) >= 11 is 1.62. The molecular formula is C20H16FN7OS. The Kier molecular flexibility index (Phi) is 4.68. The molecule has 30 heavy (non-hydrogen) atoms. The highest BCUT2D eigenvalue weighted by Crippen LogP contribution is 2.29. The smallest absolute Gasteiger partial charge is 0.165 e. The maximum atomic E-state index is 14.4.